The Morgan fingerprint density at radius 2 is 0.774 bits per heavy atom. The van der Waals surface area contributed by atoms with E-state index in [0.717, 1.165) is 27.5 Å². The van der Waals surface area contributed by atoms with Crippen molar-refractivity contribution >= 4 is 76.4 Å². The summed E-state index contributed by atoms with van der Waals surface area (Å²) < 4.78 is 6.68. The van der Waals surface area contributed by atoms with Crippen LogP contribution in [-0.2, 0) is 0 Å². The minimum Gasteiger partial charge on any atom is -0.456 e. The van der Waals surface area contributed by atoms with Gasteiger partial charge in [0.1, 0.15) is 11.2 Å². The minimum atomic E-state index is 0.896. The smallest absolute Gasteiger partial charge is 0.136 e. The topological polar surface area (TPSA) is 13.1 Å². The van der Waals surface area contributed by atoms with Crippen LogP contribution < -0.4 is 0 Å². The molecule has 0 aliphatic carbocycles. The third kappa shape index (κ3) is 4.63. The second kappa shape index (κ2) is 11.8. The van der Waals surface area contributed by atoms with Crippen LogP contribution in [-0.4, -0.2) is 0 Å². The Kier molecular flexibility index (Phi) is 6.71. The van der Waals surface area contributed by atoms with Gasteiger partial charge < -0.3 is 4.42 Å². The van der Waals surface area contributed by atoms with Crippen molar-refractivity contribution in [3.05, 3.63) is 181 Å². The van der Waals surface area contributed by atoms with E-state index in [0.29, 0.717) is 0 Å². The summed E-state index contributed by atoms with van der Waals surface area (Å²) in [5.74, 6) is 0. The van der Waals surface area contributed by atoms with Gasteiger partial charge in [-0.2, -0.15) is 0 Å². The zero-order valence-electron chi connectivity index (χ0n) is 29.1. The largest absolute Gasteiger partial charge is 0.456 e. The summed E-state index contributed by atoms with van der Waals surface area (Å²) in [6.07, 6.45) is 0. The number of thiophene rings is 1. The Morgan fingerprint density at radius 1 is 0.321 bits per heavy atom. The molecule has 0 amide bonds. The van der Waals surface area contributed by atoms with E-state index >= 15 is 0 Å². The molecule has 0 N–H and O–H groups in total. The molecule has 0 aliphatic rings. The average Bonchev–Trinajstić information content (AvgIpc) is 3.81. The molecule has 0 saturated heterocycles. The first-order chi connectivity index (χ1) is 26.2. The molecule has 2 aromatic heterocycles. The van der Waals surface area contributed by atoms with E-state index in [-0.39, 0.29) is 0 Å². The van der Waals surface area contributed by atoms with Crippen molar-refractivity contribution in [1.82, 2.24) is 0 Å². The first kappa shape index (κ1) is 30.2. The summed E-state index contributed by atoms with van der Waals surface area (Å²) in [6.45, 7) is 2.19. The number of hydrogen-bond acceptors (Lipinski definition) is 2. The van der Waals surface area contributed by atoms with Crippen molar-refractivity contribution in [2.24, 2.45) is 0 Å². The fraction of sp³-hybridized carbons (Fsp3) is 0.0196. The lowest BCUT2D eigenvalue weighted by molar-refractivity contribution is 0.669. The van der Waals surface area contributed by atoms with Crippen LogP contribution in [0.5, 0.6) is 0 Å². The van der Waals surface area contributed by atoms with Gasteiger partial charge in [-0.25, -0.2) is 0 Å². The molecule has 11 rings (SSSR count). The van der Waals surface area contributed by atoms with Crippen LogP contribution in [0.4, 0.5) is 0 Å². The molecule has 0 fully saturated rings. The maximum absolute atomic E-state index is 6.68. The highest BCUT2D eigenvalue weighted by atomic mass is 32.1. The van der Waals surface area contributed by atoms with Gasteiger partial charge in [0.05, 0.1) is 0 Å². The van der Waals surface area contributed by atoms with Crippen molar-refractivity contribution in [3.63, 3.8) is 0 Å². The SMILES string of the molecule is Cc1ccc(-c2c3ccccc3c(-c3ccc4oc5cc(-c6c7ccccc7c(-c7ccccc7)c7ccccc67)ccc5c4c3)c3ccccc23)s1. The summed E-state index contributed by atoms with van der Waals surface area (Å²) in [5, 5.41) is 12.3. The highest BCUT2D eigenvalue weighted by Crippen LogP contribution is 2.47. The van der Waals surface area contributed by atoms with E-state index in [2.05, 4.69) is 183 Å². The minimum absolute atomic E-state index is 0.896. The molecule has 0 bridgehead atoms. The molecule has 0 spiro atoms. The van der Waals surface area contributed by atoms with Crippen molar-refractivity contribution in [1.29, 1.82) is 0 Å². The fourth-order valence-electron chi connectivity index (χ4n) is 8.72. The average molecular weight is 693 g/mol. The van der Waals surface area contributed by atoms with Gasteiger partial charge in [-0.15, -0.1) is 11.3 Å². The maximum atomic E-state index is 6.68. The van der Waals surface area contributed by atoms with Crippen LogP contribution >= 0.6 is 11.3 Å². The molecule has 9 aromatic carbocycles. The maximum Gasteiger partial charge on any atom is 0.136 e. The zero-order chi connectivity index (χ0) is 35.0. The van der Waals surface area contributed by atoms with Crippen LogP contribution in [0, 0.1) is 6.92 Å². The van der Waals surface area contributed by atoms with Gasteiger partial charge in [-0.3, -0.25) is 0 Å². The summed E-state index contributed by atoms with van der Waals surface area (Å²) in [4.78, 5) is 2.63. The molecule has 0 saturated carbocycles. The van der Waals surface area contributed by atoms with Crippen LogP contribution in [0.3, 0.4) is 0 Å². The van der Waals surface area contributed by atoms with Gasteiger partial charge in [0, 0.05) is 26.1 Å². The van der Waals surface area contributed by atoms with E-state index in [9.17, 15) is 0 Å². The molecule has 0 atom stereocenters. The summed E-state index contributed by atoms with van der Waals surface area (Å²) in [5.41, 5.74) is 10.5. The van der Waals surface area contributed by atoms with Gasteiger partial charge in [0.25, 0.3) is 0 Å². The lowest BCUT2D eigenvalue weighted by Crippen LogP contribution is -1.90. The van der Waals surface area contributed by atoms with Gasteiger partial charge in [-0.05, 0) is 120 Å². The number of fused-ring (bicyclic) bond motifs is 7. The lowest BCUT2D eigenvalue weighted by atomic mass is 9.86. The van der Waals surface area contributed by atoms with E-state index in [1.807, 2.05) is 11.3 Å². The third-order valence-electron chi connectivity index (χ3n) is 11.0. The van der Waals surface area contributed by atoms with Crippen LogP contribution in [0.2, 0.25) is 0 Å². The van der Waals surface area contributed by atoms with Gasteiger partial charge in [0.2, 0.25) is 0 Å². The van der Waals surface area contributed by atoms with Crippen LogP contribution in [0.25, 0.3) is 109 Å². The van der Waals surface area contributed by atoms with Crippen LogP contribution in [0.1, 0.15) is 4.88 Å². The first-order valence-electron chi connectivity index (χ1n) is 18.2. The second-order valence-electron chi connectivity index (χ2n) is 14.0. The molecule has 11 aromatic rings. The number of benzene rings is 9. The van der Waals surface area contributed by atoms with Gasteiger partial charge >= 0.3 is 0 Å². The fourth-order valence-corrected chi connectivity index (χ4v) is 9.66. The Balaban J connectivity index is 1.13. The Bertz CT molecular complexity index is 3120. The normalized spacial score (nSPS) is 11.9. The van der Waals surface area contributed by atoms with Crippen LogP contribution in [0.15, 0.2) is 180 Å². The number of aryl methyl sites for hydroxylation is 1. The highest BCUT2D eigenvalue weighted by Gasteiger charge is 2.20. The molecule has 1 nitrogen and oxygen atoms in total. The first-order valence-corrected chi connectivity index (χ1v) is 19.0. The van der Waals surface area contributed by atoms with Crippen molar-refractivity contribution < 1.29 is 4.42 Å². The Hall–Kier alpha value is -6.48. The molecule has 0 aliphatic heterocycles. The third-order valence-corrected chi connectivity index (χ3v) is 12.0. The monoisotopic (exact) mass is 692 g/mol. The molecular weight excluding hydrogens is 661 g/mol. The molecule has 0 radical (unpaired) electrons. The molecule has 0 unspecified atom stereocenters. The van der Waals surface area contributed by atoms with E-state index in [1.165, 1.54) is 86.2 Å². The summed E-state index contributed by atoms with van der Waals surface area (Å²) >= 11 is 1.86. The van der Waals surface area contributed by atoms with Gasteiger partial charge in [0.15, 0.2) is 0 Å². The Labute approximate surface area is 311 Å². The lowest BCUT2D eigenvalue weighted by Gasteiger charge is -2.17. The quantitative estimate of drug-likeness (QED) is 0.167. The number of rotatable bonds is 4. The second-order valence-corrected chi connectivity index (χ2v) is 15.3. The standard InChI is InChI=1S/C51H32OS/c1-31-23-28-47(53-31)51-42-21-11-9-19-40(42)49(41-20-10-12-22-43(41)51)33-25-27-45-44(29-33)35-26-24-34(30-46(35)52-45)50-38-17-7-5-15-36(38)48(32-13-3-2-4-14-32)37-16-6-8-18-39(37)50/h2-30H,1H3. The molecule has 2 heterocycles. The number of hydrogen-bond donors (Lipinski definition) is 0. The van der Waals surface area contributed by atoms with Crippen molar-refractivity contribution in [2.45, 2.75) is 6.92 Å². The summed E-state index contributed by atoms with van der Waals surface area (Å²) in [6, 6.07) is 64.2. The molecular formula is C51H32OS. The molecule has 53 heavy (non-hydrogen) atoms. The van der Waals surface area contributed by atoms with E-state index in [4.69, 9.17) is 4.42 Å². The Morgan fingerprint density at radius 3 is 1.28 bits per heavy atom. The number of furan rings is 1. The van der Waals surface area contributed by atoms with Crippen molar-refractivity contribution in [3.8, 4) is 43.8 Å². The predicted molar refractivity (Wildman–Crippen MR) is 228 cm³/mol. The zero-order valence-corrected chi connectivity index (χ0v) is 29.9. The predicted octanol–water partition coefficient (Wildman–Crippen LogP) is 15.2. The van der Waals surface area contributed by atoms with E-state index < -0.39 is 0 Å². The summed E-state index contributed by atoms with van der Waals surface area (Å²) in [7, 11) is 0. The molecule has 248 valence electrons. The van der Waals surface area contributed by atoms with E-state index in [1.54, 1.807) is 0 Å². The molecule has 2 heteroatoms. The highest BCUT2D eigenvalue weighted by molar-refractivity contribution is 7.15. The van der Waals surface area contributed by atoms with Crippen molar-refractivity contribution in [2.75, 3.05) is 0 Å². The van der Waals surface area contributed by atoms with Gasteiger partial charge in [-0.1, -0.05) is 140 Å².